The standard InChI is InChI=1S/C19H15FN4O2S2/c20-13-5-1-3-7-15(13)24-10-12(9-17(24)25)18(26)22-14-6-2-4-8-16(14)28-19-23-21-11-27-19/h1-8,11-12H,9-10H2,(H,22,26). The van der Waals surface area contributed by atoms with Gasteiger partial charge in [-0.1, -0.05) is 47.4 Å². The fraction of sp³-hybridized carbons (Fsp3) is 0.158. The molecule has 0 saturated carbocycles. The molecule has 2 amide bonds. The first-order chi connectivity index (χ1) is 13.6. The SMILES string of the molecule is O=C(Nc1ccccc1Sc1nncs1)C1CC(=O)N(c2ccccc2F)C1. The summed E-state index contributed by atoms with van der Waals surface area (Å²) in [5.41, 5.74) is 2.49. The van der Waals surface area contributed by atoms with Crippen LogP contribution >= 0.6 is 23.1 Å². The van der Waals surface area contributed by atoms with Gasteiger partial charge in [0, 0.05) is 17.9 Å². The maximum absolute atomic E-state index is 14.0. The van der Waals surface area contributed by atoms with E-state index in [0.29, 0.717) is 5.69 Å². The fourth-order valence-corrected chi connectivity index (χ4v) is 4.50. The number of para-hydroxylation sites is 2. The van der Waals surface area contributed by atoms with Crippen LogP contribution in [0, 0.1) is 11.7 Å². The smallest absolute Gasteiger partial charge is 0.229 e. The number of aromatic nitrogens is 2. The van der Waals surface area contributed by atoms with E-state index in [0.717, 1.165) is 9.24 Å². The lowest BCUT2D eigenvalue weighted by Gasteiger charge is -2.17. The third-order valence-corrected chi connectivity index (χ3v) is 6.18. The van der Waals surface area contributed by atoms with Crippen LogP contribution in [0.25, 0.3) is 0 Å². The second-order valence-electron chi connectivity index (χ2n) is 6.15. The summed E-state index contributed by atoms with van der Waals surface area (Å²) < 4.78 is 14.8. The summed E-state index contributed by atoms with van der Waals surface area (Å²) in [5.74, 6) is -1.55. The number of benzene rings is 2. The number of halogens is 1. The third-order valence-electron chi connectivity index (χ3n) is 4.32. The largest absolute Gasteiger partial charge is 0.325 e. The Kier molecular flexibility index (Phi) is 5.36. The summed E-state index contributed by atoms with van der Waals surface area (Å²) in [5, 5.41) is 10.7. The number of hydrogen-bond acceptors (Lipinski definition) is 6. The zero-order valence-electron chi connectivity index (χ0n) is 14.5. The molecule has 2 aromatic carbocycles. The van der Waals surface area contributed by atoms with Gasteiger partial charge in [0.2, 0.25) is 11.8 Å². The first kappa shape index (κ1) is 18.6. The molecule has 0 bridgehead atoms. The fourth-order valence-electron chi connectivity index (χ4n) is 2.98. The van der Waals surface area contributed by atoms with Gasteiger partial charge in [0.05, 0.1) is 17.3 Å². The Morgan fingerprint density at radius 3 is 2.79 bits per heavy atom. The molecule has 3 aromatic rings. The molecular weight excluding hydrogens is 399 g/mol. The van der Waals surface area contributed by atoms with Gasteiger partial charge >= 0.3 is 0 Å². The van der Waals surface area contributed by atoms with Crippen molar-refractivity contribution in [3.63, 3.8) is 0 Å². The highest BCUT2D eigenvalue weighted by Crippen LogP contribution is 2.35. The van der Waals surface area contributed by atoms with Gasteiger partial charge in [0.15, 0.2) is 4.34 Å². The average molecular weight is 414 g/mol. The van der Waals surface area contributed by atoms with Gasteiger partial charge in [-0.2, -0.15) is 0 Å². The molecule has 1 unspecified atom stereocenters. The number of carbonyl (C=O) groups is 2. The summed E-state index contributed by atoms with van der Waals surface area (Å²) in [6, 6.07) is 13.5. The molecule has 1 aliphatic rings. The van der Waals surface area contributed by atoms with Crippen molar-refractivity contribution in [2.45, 2.75) is 15.7 Å². The average Bonchev–Trinajstić information content (AvgIpc) is 3.33. The summed E-state index contributed by atoms with van der Waals surface area (Å²) in [4.78, 5) is 27.3. The van der Waals surface area contributed by atoms with Crippen LogP contribution in [0.4, 0.5) is 15.8 Å². The van der Waals surface area contributed by atoms with Crippen LogP contribution in [0.1, 0.15) is 6.42 Å². The monoisotopic (exact) mass is 414 g/mol. The molecule has 1 saturated heterocycles. The number of nitrogens with one attached hydrogen (secondary N) is 1. The van der Waals surface area contributed by atoms with E-state index in [9.17, 15) is 14.0 Å². The van der Waals surface area contributed by atoms with E-state index in [1.165, 1.54) is 34.1 Å². The van der Waals surface area contributed by atoms with E-state index in [-0.39, 0.29) is 30.5 Å². The van der Waals surface area contributed by atoms with E-state index in [1.54, 1.807) is 29.8 Å². The Bertz CT molecular complexity index is 1010. The third kappa shape index (κ3) is 3.90. The van der Waals surface area contributed by atoms with Crippen molar-refractivity contribution in [1.29, 1.82) is 0 Å². The first-order valence-electron chi connectivity index (χ1n) is 8.50. The summed E-state index contributed by atoms with van der Waals surface area (Å²) in [6.45, 7) is 0.150. The molecule has 0 radical (unpaired) electrons. The Labute approximate surface area is 168 Å². The van der Waals surface area contributed by atoms with Crippen molar-refractivity contribution >= 4 is 46.3 Å². The molecule has 1 aliphatic heterocycles. The van der Waals surface area contributed by atoms with Gasteiger partial charge in [-0.25, -0.2) is 4.39 Å². The van der Waals surface area contributed by atoms with Gasteiger partial charge in [-0.05, 0) is 24.3 Å². The maximum Gasteiger partial charge on any atom is 0.229 e. The highest BCUT2D eigenvalue weighted by atomic mass is 32.2. The number of nitrogens with zero attached hydrogens (tertiary/aromatic N) is 3. The highest BCUT2D eigenvalue weighted by molar-refractivity contribution is 8.01. The van der Waals surface area contributed by atoms with Gasteiger partial charge < -0.3 is 10.2 Å². The molecule has 142 valence electrons. The molecule has 1 atom stereocenters. The number of hydrogen-bond donors (Lipinski definition) is 1. The van der Waals surface area contributed by atoms with Crippen LogP contribution in [0.2, 0.25) is 0 Å². The summed E-state index contributed by atoms with van der Waals surface area (Å²) in [7, 11) is 0. The van der Waals surface area contributed by atoms with E-state index >= 15 is 0 Å². The molecular formula is C19H15FN4O2S2. The summed E-state index contributed by atoms with van der Waals surface area (Å²) in [6.07, 6.45) is 0.0475. The maximum atomic E-state index is 14.0. The van der Waals surface area contributed by atoms with Crippen molar-refractivity contribution in [2.24, 2.45) is 5.92 Å². The molecule has 6 nitrogen and oxygen atoms in total. The Morgan fingerprint density at radius 1 is 1.21 bits per heavy atom. The Morgan fingerprint density at radius 2 is 2.00 bits per heavy atom. The topological polar surface area (TPSA) is 75.2 Å². The molecule has 2 heterocycles. The second-order valence-corrected chi connectivity index (χ2v) is 8.27. The molecule has 1 aromatic heterocycles. The van der Waals surface area contributed by atoms with E-state index in [1.807, 2.05) is 18.2 Å². The van der Waals surface area contributed by atoms with Crippen molar-refractivity contribution < 1.29 is 14.0 Å². The second kappa shape index (κ2) is 8.07. The normalized spacial score (nSPS) is 16.4. The van der Waals surface area contributed by atoms with E-state index < -0.39 is 11.7 Å². The zero-order valence-corrected chi connectivity index (χ0v) is 16.2. The lowest BCUT2D eigenvalue weighted by molar-refractivity contribution is -0.122. The number of carbonyl (C=O) groups excluding carboxylic acids is 2. The lowest BCUT2D eigenvalue weighted by atomic mass is 10.1. The van der Waals surface area contributed by atoms with Crippen LogP contribution in [0.3, 0.4) is 0 Å². The van der Waals surface area contributed by atoms with E-state index in [2.05, 4.69) is 15.5 Å². The molecule has 1 N–H and O–H groups in total. The van der Waals surface area contributed by atoms with Crippen molar-refractivity contribution in [2.75, 3.05) is 16.8 Å². The molecule has 28 heavy (non-hydrogen) atoms. The van der Waals surface area contributed by atoms with Gasteiger partial charge in [-0.3, -0.25) is 9.59 Å². The number of amides is 2. The first-order valence-corrected chi connectivity index (χ1v) is 10.2. The lowest BCUT2D eigenvalue weighted by Crippen LogP contribution is -2.28. The van der Waals surface area contributed by atoms with Crippen LogP contribution in [0.5, 0.6) is 0 Å². The van der Waals surface area contributed by atoms with E-state index in [4.69, 9.17) is 0 Å². The van der Waals surface area contributed by atoms with Crippen molar-refractivity contribution in [3.8, 4) is 0 Å². The van der Waals surface area contributed by atoms with Gasteiger partial charge in [0.25, 0.3) is 0 Å². The Hall–Kier alpha value is -2.78. The van der Waals surface area contributed by atoms with Crippen LogP contribution in [0.15, 0.2) is 63.3 Å². The number of anilines is 2. The predicted molar refractivity (Wildman–Crippen MR) is 106 cm³/mol. The van der Waals surface area contributed by atoms with Crippen molar-refractivity contribution in [3.05, 3.63) is 59.9 Å². The minimum Gasteiger partial charge on any atom is -0.325 e. The molecule has 9 heteroatoms. The van der Waals surface area contributed by atoms with Crippen LogP contribution < -0.4 is 10.2 Å². The van der Waals surface area contributed by atoms with Gasteiger partial charge in [0.1, 0.15) is 11.3 Å². The minimum absolute atomic E-state index is 0.0475. The van der Waals surface area contributed by atoms with Crippen molar-refractivity contribution in [1.82, 2.24) is 10.2 Å². The molecule has 1 fully saturated rings. The molecule has 0 aliphatic carbocycles. The zero-order chi connectivity index (χ0) is 19.5. The van der Waals surface area contributed by atoms with Gasteiger partial charge in [-0.15, -0.1) is 10.2 Å². The quantitative estimate of drug-likeness (QED) is 0.687. The molecule has 0 spiro atoms. The highest BCUT2D eigenvalue weighted by Gasteiger charge is 2.36. The molecule has 4 rings (SSSR count). The Balaban J connectivity index is 1.48. The predicted octanol–water partition coefficient (Wildman–Crippen LogP) is 3.82. The van der Waals surface area contributed by atoms with Crippen LogP contribution in [-0.4, -0.2) is 28.6 Å². The summed E-state index contributed by atoms with van der Waals surface area (Å²) >= 11 is 2.82. The number of rotatable bonds is 5. The minimum atomic E-state index is -0.549. The van der Waals surface area contributed by atoms with Crippen LogP contribution in [-0.2, 0) is 9.59 Å².